The van der Waals surface area contributed by atoms with Crippen molar-refractivity contribution in [2.75, 3.05) is 37.9 Å². The summed E-state index contributed by atoms with van der Waals surface area (Å²) >= 11 is 0. The fourth-order valence-corrected chi connectivity index (χ4v) is 3.66. The lowest BCUT2D eigenvalue weighted by Crippen LogP contribution is -2.47. The van der Waals surface area contributed by atoms with E-state index in [9.17, 15) is 5.11 Å². The Morgan fingerprint density at radius 1 is 1.04 bits per heavy atom. The third-order valence-electron chi connectivity index (χ3n) is 5.52. The third kappa shape index (κ3) is 3.73. The highest BCUT2D eigenvalue weighted by Gasteiger charge is 2.25. The third-order valence-corrected chi connectivity index (χ3v) is 5.52. The van der Waals surface area contributed by atoms with Crippen LogP contribution in [0.25, 0.3) is 0 Å². The van der Waals surface area contributed by atoms with E-state index in [-0.39, 0.29) is 0 Å². The van der Waals surface area contributed by atoms with Crippen molar-refractivity contribution >= 4 is 5.82 Å². The van der Waals surface area contributed by atoms with Crippen LogP contribution in [0.4, 0.5) is 5.82 Å². The van der Waals surface area contributed by atoms with E-state index in [1.165, 1.54) is 5.56 Å². The van der Waals surface area contributed by atoms with Crippen LogP contribution in [-0.2, 0) is 5.60 Å². The van der Waals surface area contributed by atoms with Crippen molar-refractivity contribution in [3.63, 3.8) is 0 Å². The van der Waals surface area contributed by atoms with E-state index < -0.39 is 5.60 Å². The average Bonchev–Trinajstić information content (AvgIpc) is 3.15. The van der Waals surface area contributed by atoms with Crippen LogP contribution in [0.15, 0.2) is 36.5 Å². The Kier molecular flexibility index (Phi) is 4.70. The molecule has 0 spiro atoms. The predicted octanol–water partition coefficient (Wildman–Crippen LogP) is 2.92. The minimum absolute atomic E-state index is 0.311. The fraction of sp³-hybridized carbons (Fsp3) is 0.476. The van der Waals surface area contributed by atoms with Crippen molar-refractivity contribution < 1.29 is 14.6 Å². The van der Waals surface area contributed by atoms with Crippen molar-refractivity contribution in [2.45, 2.75) is 32.4 Å². The van der Waals surface area contributed by atoms with E-state index in [1.54, 1.807) is 20.0 Å². The Balaban J connectivity index is 1.38. The number of hydrogen-bond donors (Lipinski definition) is 1. The lowest BCUT2D eigenvalue weighted by molar-refractivity contribution is 0.0782. The van der Waals surface area contributed by atoms with Crippen molar-refractivity contribution in [2.24, 2.45) is 0 Å². The van der Waals surface area contributed by atoms with Gasteiger partial charge >= 0.3 is 0 Å². The summed E-state index contributed by atoms with van der Waals surface area (Å²) in [6, 6.07) is 10.5. The first-order valence-electron chi connectivity index (χ1n) is 9.49. The zero-order valence-electron chi connectivity index (χ0n) is 16.2. The lowest BCUT2D eigenvalue weighted by atomic mass is 10.0. The highest BCUT2D eigenvalue weighted by molar-refractivity contribution is 5.45. The molecule has 0 aliphatic carbocycles. The minimum atomic E-state index is -0.857. The summed E-state index contributed by atoms with van der Waals surface area (Å²) in [5.74, 6) is 2.64. The van der Waals surface area contributed by atoms with Gasteiger partial charge in [0.05, 0.1) is 5.60 Å². The molecular weight excluding hydrogens is 342 g/mol. The molecule has 1 aromatic carbocycles. The van der Waals surface area contributed by atoms with Gasteiger partial charge in [0, 0.05) is 44.0 Å². The largest absolute Gasteiger partial charge is 0.454 e. The van der Waals surface area contributed by atoms with E-state index in [0.29, 0.717) is 12.8 Å². The smallest absolute Gasteiger partial charge is 0.231 e. The number of rotatable bonds is 4. The van der Waals surface area contributed by atoms with Crippen LogP contribution in [0.3, 0.4) is 0 Å². The quantitative estimate of drug-likeness (QED) is 0.894. The molecule has 0 bridgehead atoms. The molecule has 1 fully saturated rings. The van der Waals surface area contributed by atoms with Crippen molar-refractivity contribution in [1.82, 2.24) is 9.88 Å². The number of fused-ring (bicyclic) bond motifs is 1. The number of anilines is 1. The van der Waals surface area contributed by atoms with E-state index in [2.05, 4.69) is 33.8 Å². The maximum Gasteiger partial charge on any atom is 0.231 e. The van der Waals surface area contributed by atoms with Crippen LogP contribution in [0.5, 0.6) is 11.5 Å². The summed E-state index contributed by atoms with van der Waals surface area (Å²) in [6.45, 7) is 9.93. The van der Waals surface area contributed by atoms with Gasteiger partial charge in [-0.15, -0.1) is 0 Å². The van der Waals surface area contributed by atoms with Crippen LogP contribution < -0.4 is 14.4 Å². The van der Waals surface area contributed by atoms with Gasteiger partial charge in [0.15, 0.2) is 11.5 Å². The maximum absolute atomic E-state index is 10.1. The molecule has 3 heterocycles. The van der Waals surface area contributed by atoms with Gasteiger partial charge in [-0.2, -0.15) is 0 Å². The number of ether oxygens (including phenoxy) is 2. The summed E-state index contributed by atoms with van der Waals surface area (Å²) in [4.78, 5) is 9.34. The molecule has 2 aromatic rings. The number of hydrogen-bond acceptors (Lipinski definition) is 6. The zero-order chi connectivity index (χ0) is 19.0. The predicted molar refractivity (Wildman–Crippen MR) is 104 cm³/mol. The van der Waals surface area contributed by atoms with Gasteiger partial charge in [0.2, 0.25) is 6.79 Å². The Labute approximate surface area is 160 Å². The highest BCUT2D eigenvalue weighted by atomic mass is 16.7. The second kappa shape index (κ2) is 7.02. The number of aliphatic hydroxyl groups is 1. The van der Waals surface area contributed by atoms with E-state index >= 15 is 0 Å². The number of piperazine rings is 1. The van der Waals surface area contributed by atoms with Crippen LogP contribution in [0.2, 0.25) is 0 Å². The summed E-state index contributed by atoms with van der Waals surface area (Å²) < 4.78 is 10.9. The second-order valence-corrected chi connectivity index (χ2v) is 7.78. The van der Waals surface area contributed by atoms with E-state index in [4.69, 9.17) is 9.47 Å². The molecule has 1 N–H and O–H groups in total. The van der Waals surface area contributed by atoms with Gasteiger partial charge in [-0.05, 0) is 44.5 Å². The summed E-state index contributed by atoms with van der Waals surface area (Å²) in [7, 11) is 0. The van der Waals surface area contributed by atoms with Gasteiger partial charge in [0.25, 0.3) is 0 Å². The van der Waals surface area contributed by atoms with Gasteiger partial charge in [0.1, 0.15) is 5.82 Å². The first kappa shape index (κ1) is 18.1. The van der Waals surface area contributed by atoms with Gasteiger partial charge < -0.3 is 19.5 Å². The Morgan fingerprint density at radius 2 is 1.78 bits per heavy atom. The number of pyridine rings is 1. The first-order valence-corrected chi connectivity index (χ1v) is 9.49. The number of benzene rings is 1. The first-order chi connectivity index (χ1) is 12.9. The molecule has 1 aromatic heterocycles. The van der Waals surface area contributed by atoms with Crippen molar-refractivity contribution in [3.05, 3.63) is 47.7 Å². The summed E-state index contributed by atoms with van der Waals surface area (Å²) in [5, 5.41) is 10.1. The lowest BCUT2D eigenvalue weighted by Gasteiger charge is -2.38. The Morgan fingerprint density at radius 3 is 2.44 bits per heavy atom. The van der Waals surface area contributed by atoms with E-state index in [0.717, 1.165) is 49.1 Å². The maximum atomic E-state index is 10.1. The van der Waals surface area contributed by atoms with Crippen molar-refractivity contribution in [3.8, 4) is 11.5 Å². The van der Waals surface area contributed by atoms with Crippen LogP contribution >= 0.6 is 0 Å². The molecule has 2 aliphatic rings. The van der Waals surface area contributed by atoms with Crippen LogP contribution in [-0.4, -0.2) is 48.0 Å². The average molecular weight is 369 g/mol. The zero-order valence-corrected chi connectivity index (χ0v) is 16.2. The second-order valence-electron chi connectivity index (χ2n) is 7.78. The monoisotopic (exact) mass is 369 g/mol. The standard InChI is InChI=1S/C21H27N3O3/c1-15(16-4-6-18-19(12-16)27-14-26-18)23-8-10-24(11-9-23)20-7-5-17(13-22-20)21(2,3)25/h4-7,12-13,15,25H,8-11,14H2,1-3H3. The Bertz CT molecular complexity index is 793. The highest BCUT2D eigenvalue weighted by Crippen LogP contribution is 2.35. The molecule has 1 saturated heterocycles. The fourth-order valence-electron chi connectivity index (χ4n) is 3.66. The summed E-state index contributed by atoms with van der Waals surface area (Å²) in [6.07, 6.45) is 1.77. The van der Waals surface area contributed by atoms with Gasteiger partial charge in [-0.25, -0.2) is 4.98 Å². The Hall–Kier alpha value is -2.31. The molecule has 2 aliphatic heterocycles. The molecule has 27 heavy (non-hydrogen) atoms. The molecule has 6 heteroatoms. The molecule has 0 saturated carbocycles. The summed E-state index contributed by atoms with van der Waals surface area (Å²) in [5.41, 5.74) is 1.23. The SMILES string of the molecule is CC(c1ccc2c(c1)OCO2)N1CCN(c2ccc(C(C)(C)O)cn2)CC1. The molecule has 6 nitrogen and oxygen atoms in total. The molecule has 144 valence electrons. The van der Waals surface area contributed by atoms with Crippen molar-refractivity contribution in [1.29, 1.82) is 0 Å². The molecule has 0 amide bonds. The van der Waals surface area contributed by atoms with Crippen LogP contribution in [0.1, 0.15) is 37.9 Å². The normalized spacial score (nSPS) is 18.6. The molecule has 4 rings (SSSR count). The number of nitrogens with zero attached hydrogens (tertiary/aromatic N) is 3. The van der Waals surface area contributed by atoms with Gasteiger partial charge in [-0.3, -0.25) is 4.90 Å². The topological polar surface area (TPSA) is 58.1 Å². The molecular formula is C21H27N3O3. The molecule has 0 radical (unpaired) electrons. The van der Waals surface area contributed by atoms with Crippen LogP contribution in [0, 0.1) is 0 Å². The van der Waals surface area contributed by atoms with Gasteiger partial charge in [-0.1, -0.05) is 12.1 Å². The number of aromatic nitrogens is 1. The minimum Gasteiger partial charge on any atom is -0.454 e. The van der Waals surface area contributed by atoms with E-state index in [1.807, 2.05) is 18.2 Å². The molecule has 1 unspecified atom stereocenters. The molecule has 1 atom stereocenters.